The topological polar surface area (TPSA) is 144 Å². The van der Waals surface area contributed by atoms with Crippen LogP contribution in [0.4, 0.5) is 11.5 Å². The Labute approximate surface area is 195 Å². The molecular formula is C25H22N6O3. The maximum atomic E-state index is 12.8. The quantitative estimate of drug-likeness (QED) is 0.168. The van der Waals surface area contributed by atoms with Crippen molar-refractivity contribution in [1.29, 1.82) is 0 Å². The van der Waals surface area contributed by atoms with E-state index in [4.69, 9.17) is 11.6 Å². The number of anilines is 2. The number of benzene rings is 3. The third-order valence-corrected chi connectivity index (χ3v) is 5.34. The molecule has 0 aliphatic heterocycles. The summed E-state index contributed by atoms with van der Waals surface area (Å²) in [5.74, 6) is 5.60. The minimum Gasteiger partial charge on any atom is -0.366 e. The minimum absolute atomic E-state index is 0.0777. The molecule has 34 heavy (non-hydrogen) atoms. The minimum atomic E-state index is -0.563. The zero-order valence-electron chi connectivity index (χ0n) is 18.4. The molecule has 0 bridgehead atoms. The van der Waals surface area contributed by atoms with E-state index in [9.17, 15) is 14.4 Å². The predicted octanol–water partition coefficient (Wildman–Crippen LogP) is 3.06. The summed E-state index contributed by atoms with van der Waals surface area (Å²) in [6.45, 7) is 1.85. The van der Waals surface area contributed by atoms with Gasteiger partial charge in [-0.05, 0) is 48.9 Å². The molecule has 5 N–H and O–H groups in total. The van der Waals surface area contributed by atoms with Crippen LogP contribution in [0.5, 0.6) is 0 Å². The molecule has 0 fully saturated rings. The number of carbonyl (C=O) groups is 3. The van der Waals surface area contributed by atoms with Crippen molar-refractivity contribution < 1.29 is 14.4 Å². The lowest BCUT2D eigenvalue weighted by molar-refractivity contribution is 0.0981. The van der Waals surface area contributed by atoms with Crippen LogP contribution in [0.2, 0.25) is 0 Å². The van der Waals surface area contributed by atoms with Crippen LogP contribution in [0, 0.1) is 0 Å². The molecular weight excluding hydrogens is 432 g/mol. The number of para-hydroxylation sites is 1. The molecule has 0 aliphatic rings. The monoisotopic (exact) mass is 454 g/mol. The average Bonchev–Trinajstić information content (AvgIpc) is 2.86. The molecule has 1 aromatic heterocycles. The van der Waals surface area contributed by atoms with Crippen LogP contribution < -0.4 is 21.9 Å². The Balaban J connectivity index is 1.52. The number of amides is 2. The Hall–Kier alpha value is -4.63. The van der Waals surface area contributed by atoms with Crippen LogP contribution in [0.15, 0.2) is 73.1 Å². The van der Waals surface area contributed by atoms with Gasteiger partial charge < -0.3 is 11.1 Å². The van der Waals surface area contributed by atoms with Crippen molar-refractivity contribution in [2.75, 3.05) is 10.3 Å². The molecule has 0 atom stereocenters. The Morgan fingerprint density at radius 1 is 0.941 bits per heavy atom. The highest BCUT2D eigenvalue weighted by molar-refractivity contribution is 6.07. The Morgan fingerprint density at radius 3 is 2.35 bits per heavy atom. The van der Waals surface area contributed by atoms with Crippen LogP contribution in [-0.2, 0) is 6.54 Å². The summed E-state index contributed by atoms with van der Waals surface area (Å²) in [6, 6.07) is 18.7. The fraction of sp³-hybridized carbons (Fsp3) is 0.0800. The molecule has 0 saturated carbocycles. The van der Waals surface area contributed by atoms with E-state index in [1.165, 1.54) is 13.3 Å². The number of hydrazine groups is 1. The molecule has 3 aromatic carbocycles. The molecule has 0 radical (unpaired) electrons. The van der Waals surface area contributed by atoms with E-state index in [-0.39, 0.29) is 5.78 Å². The van der Waals surface area contributed by atoms with Gasteiger partial charge in [-0.15, -0.1) is 0 Å². The SMILES string of the molecule is CC(=O)c1ccc(C(=O)N(N)c2cccc(CNc3ncnc4c(C(N)=O)cccc34)c2)cc1. The molecule has 0 spiro atoms. The second kappa shape index (κ2) is 9.47. The molecule has 9 heteroatoms. The van der Waals surface area contributed by atoms with E-state index >= 15 is 0 Å². The van der Waals surface area contributed by atoms with Gasteiger partial charge in [-0.25, -0.2) is 20.8 Å². The maximum Gasteiger partial charge on any atom is 0.272 e. The molecule has 2 amide bonds. The smallest absolute Gasteiger partial charge is 0.272 e. The van der Waals surface area contributed by atoms with E-state index in [0.717, 1.165) is 10.6 Å². The average molecular weight is 454 g/mol. The van der Waals surface area contributed by atoms with E-state index in [1.54, 1.807) is 60.7 Å². The molecule has 1 heterocycles. The maximum absolute atomic E-state index is 12.8. The number of primary amides is 1. The number of hydrogen-bond acceptors (Lipinski definition) is 7. The van der Waals surface area contributed by atoms with Crippen molar-refractivity contribution >= 4 is 40.0 Å². The van der Waals surface area contributed by atoms with Gasteiger partial charge in [-0.1, -0.05) is 30.3 Å². The number of nitrogens with one attached hydrogen (secondary N) is 1. The van der Waals surface area contributed by atoms with Crippen molar-refractivity contribution in [3.8, 4) is 0 Å². The second-order valence-electron chi connectivity index (χ2n) is 7.62. The Kier molecular flexibility index (Phi) is 6.28. The highest BCUT2D eigenvalue weighted by atomic mass is 16.2. The van der Waals surface area contributed by atoms with Gasteiger partial charge in [0.05, 0.1) is 16.8 Å². The number of Topliss-reactive ketones (excluding diaryl/α,β-unsaturated/α-hetero) is 1. The van der Waals surface area contributed by atoms with Gasteiger partial charge in [0.25, 0.3) is 11.8 Å². The summed E-state index contributed by atoms with van der Waals surface area (Å²) in [7, 11) is 0. The van der Waals surface area contributed by atoms with E-state index in [2.05, 4.69) is 15.3 Å². The summed E-state index contributed by atoms with van der Waals surface area (Å²) in [5.41, 5.74) is 8.48. The van der Waals surface area contributed by atoms with Crippen LogP contribution in [0.25, 0.3) is 10.9 Å². The van der Waals surface area contributed by atoms with Crippen LogP contribution >= 0.6 is 0 Å². The normalized spacial score (nSPS) is 10.6. The third-order valence-electron chi connectivity index (χ3n) is 5.34. The van der Waals surface area contributed by atoms with Gasteiger partial charge in [-0.2, -0.15) is 0 Å². The number of hydrogen-bond donors (Lipinski definition) is 3. The fourth-order valence-corrected chi connectivity index (χ4v) is 3.53. The van der Waals surface area contributed by atoms with Gasteiger partial charge in [-0.3, -0.25) is 14.4 Å². The molecule has 0 saturated heterocycles. The van der Waals surface area contributed by atoms with Crippen molar-refractivity contribution in [2.45, 2.75) is 13.5 Å². The van der Waals surface area contributed by atoms with E-state index in [0.29, 0.717) is 45.6 Å². The first-order chi connectivity index (χ1) is 16.3. The number of fused-ring (bicyclic) bond motifs is 1. The van der Waals surface area contributed by atoms with Crippen molar-refractivity contribution in [3.63, 3.8) is 0 Å². The van der Waals surface area contributed by atoms with Gasteiger partial charge in [0.1, 0.15) is 12.1 Å². The molecule has 9 nitrogen and oxygen atoms in total. The number of carbonyl (C=O) groups excluding carboxylic acids is 3. The highest BCUT2D eigenvalue weighted by Gasteiger charge is 2.16. The van der Waals surface area contributed by atoms with E-state index < -0.39 is 11.8 Å². The number of aromatic nitrogens is 2. The van der Waals surface area contributed by atoms with Gasteiger partial charge >= 0.3 is 0 Å². The third kappa shape index (κ3) is 4.59. The first-order valence-electron chi connectivity index (χ1n) is 10.4. The lowest BCUT2D eigenvalue weighted by atomic mass is 10.1. The van der Waals surface area contributed by atoms with Crippen LogP contribution in [0.1, 0.15) is 43.6 Å². The summed E-state index contributed by atoms with van der Waals surface area (Å²) >= 11 is 0. The lowest BCUT2D eigenvalue weighted by Gasteiger charge is -2.18. The number of ketones is 1. The summed E-state index contributed by atoms with van der Waals surface area (Å²) in [5, 5.41) is 4.96. The predicted molar refractivity (Wildman–Crippen MR) is 129 cm³/mol. The second-order valence-corrected chi connectivity index (χ2v) is 7.62. The largest absolute Gasteiger partial charge is 0.366 e. The fourth-order valence-electron chi connectivity index (χ4n) is 3.53. The first-order valence-corrected chi connectivity index (χ1v) is 10.4. The summed E-state index contributed by atoms with van der Waals surface area (Å²) in [6.07, 6.45) is 1.37. The molecule has 4 aromatic rings. The number of nitrogens with zero attached hydrogens (tertiary/aromatic N) is 3. The van der Waals surface area contributed by atoms with Gasteiger partial charge in [0.2, 0.25) is 0 Å². The standard InChI is InChI=1S/C25H22N6O3/c1-15(32)17-8-10-18(11-9-17)25(34)31(27)19-5-2-4-16(12-19)13-28-24-21-7-3-6-20(23(26)33)22(21)29-14-30-24/h2-12,14H,13,27H2,1H3,(H2,26,33)(H,28,29,30). The van der Waals surface area contributed by atoms with Gasteiger partial charge in [0.15, 0.2) is 5.78 Å². The summed E-state index contributed by atoms with van der Waals surface area (Å²) < 4.78 is 0. The molecule has 4 rings (SSSR count). The van der Waals surface area contributed by atoms with Crippen LogP contribution in [0.3, 0.4) is 0 Å². The first kappa shape index (κ1) is 22.6. The number of nitrogens with two attached hydrogens (primary N) is 2. The van der Waals surface area contributed by atoms with Crippen molar-refractivity contribution in [1.82, 2.24) is 9.97 Å². The van der Waals surface area contributed by atoms with Crippen LogP contribution in [-0.4, -0.2) is 27.6 Å². The zero-order valence-corrected chi connectivity index (χ0v) is 18.4. The lowest BCUT2D eigenvalue weighted by Crippen LogP contribution is -2.37. The van der Waals surface area contributed by atoms with Gasteiger partial charge in [0, 0.05) is 23.1 Å². The molecule has 0 unspecified atom stereocenters. The van der Waals surface area contributed by atoms with E-state index in [1.807, 2.05) is 6.07 Å². The Morgan fingerprint density at radius 2 is 1.65 bits per heavy atom. The zero-order chi connectivity index (χ0) is 24.2. The Bertz CT molecular complexity index is 1400. The molecule has 0 aliphatic carbocycles. The van der Waals surface area contributed by atoms with Crippen molar-refractivity contribution in [2.24, 2.45) is 11.6 Å². The molecule has 170 valence electrons. The summed E-state index contributed by atoms with van der Waals surface area (Å²) in [4.78, 5) is 44.4. The number of rotatable bonds is 7. The highest BCUT2D eigenvalue weighted by Crippen LogP contribution is 2.23. The van der Waals surface area contributed by atoms with Crippen molar-refractivity contribution in [3.05, 3.63) is 95.3 Å².